The van der Waals surface area contributed by atoms with Crippen LogP contribution < -0.4 is 0 Å². The van der Waals surface area contributed by atoms with Crippen molar-refractivity contribution in [3.8, 4) is 0 Å². The molecule has 1 aromatic rings. The van der Waals surface area contributed by atoms with Gasteiger partial charge < -0.3 is 0 Å². The minimum atomic E-state index is -3.46. The summed E-state index contributed by atoms with van der Waals surface area (Å²) >= 11 is 1.60. The van der Waals surface area contributed by atoms with E-state index >= 15 is 0 Å². The van der Waals surface area contributed by atoms with Crippen LogP contribution in [0.15, 0.2) is 29.2 Å². The molecule has 1 aromatic carbocycles. The summed E-state index contributed by atoms with van der Waals surface area (Å²) in [6.45, 7) is 2.38. The number of halogens is 1. The van der Waals surface area contributed by atoms with Gasteiger partial charge in [0.1, 0.15) is 5.82 Å². The third kappa shape index (κ3) is 2.09. The normalized spacial score (nSPS) is 22.5. The van der Waals surface area contributed by atoms with E-state index in [1.807, 2.05) is 6.92 Å². The van der Waals surface area contributed by atoms with Crippen molar-refractivity contribution in [1.29, 1.82) is 0 Å². The van der Waals surface area contributed by atoms with Crippen molar-refractivity contribution in [1.82, 2.24) is 4.31 Å². The first-order valence-corrected chi connectivity index (χ1v) is 7.40. The molecule has 6 heteroatoms. The molecule has 1 saturated heterocycles. The molecule has 0 bridgehead atoms. The lowest BCUT2D eigenvalue weighted by atomic mass is 10.4. The summed E-state index contributed by atoms with van der Waals surface area (Å²) in [5.41, 5.74) is 0. The second-order valence-corrected chi connectivity index (χ2v) is 6.85. The molecule has 1 fully saturated rings. The summed E-state index contributed by atoms with van der Waals surface area (Å²) in [5.74, 6) is 0.379. The van der Waals surface area contributed by atoms with Crippen LogP contribution in [-0.4, -0.2) is 30.4 Å². The van der Waals surface area contributed by atoms with Gasteiger partial charge in [-0.1, -0.05) is 0 Å². The standard InChI is InChI=1S/C10H12FNO2S2/c1-8-12(6-7-15-8)16(13,14)10-4-2-9(11)3-5-10/h2-5,8H,6-7H2,1H3/t8-/m0/s1. The lowest BCUT2D eigenvalue weighted by Crippen LogP contribution is -2.33. The molecule has 3 nitrogen and oxygen atoms in total. The van der Waals surface area contributed by atoms with E-state index in [0.29, 0.717) is 6.54 Å². The number of thioether (sulfide) groups is 1. The van der Waals surface area contributed by atoms with Crippen molar-refractivity contribution in [2.24, 2.45) is 0 Å². The van der Waals surface area contributed by atoms with Gasteiger partial charge in [-0.15, -0.1) is 11.8 Å². The number of sulfonamides is 1. The maximum atomic E-state index is 12.7. The third-order valence-electron chi connectivity index (χ3n) is 2.50. The van der Waals surface area contributed by atoms with Gasteiger partial charge in [-0.05, 0) is 31.2 Å². The van der Waals surface area contributed by atoms with Gasteiger partial charge in [0.05, 0.1) is 10.3 Å². The Morgan fingerprint density at radius 1 is 1.38 bits per heavy atom. The molecule has 88 valence electrons. The Labute approximate surface area is 98.7 Å². The summed E-state index contributed by atoms with van der Waals surface area (Å²) in [5, 5.41) is -0.0462. The van der Waals surface area contributed by atoms with Crippen LogP contribution >= 0.6 is 11.8 Å². The number of benzene rings is 1. The van der Waals surface area contributed by atoms with Crippen molar-refractivity contribution in [3.05, 3.63) is 30.1 Å². The maximum absolute atomic E-state index is 12.7. The summed E-state index contributed by atoms with van der Waals surface area (Å²) in [4.78, 5) is 0.156. The summed E-state index contributed by atoms with van der Waals surface area (Å²) in [7, 11) is -3.46. The predicted octanol–water partition coefficient (Wildman–Crippen LogP) is 1.91. The van der Waals surface area contributed by atoms with E-state index in [-0.39, 0.29) is 10.3 Å². The molecule has 0 N–H and O–H groups in total. The number of hydrogen-bond donors (Lipinski definition) is 0. The van der Waals surface area contributed by atoms with Gasteiger partial charge in [-0.2, -0.15) is 4.31 Å². The van der Waals surface area contributed by atoms with Gasteiger partial charge in [-0.3, -0.25) is 0 Å². The van der Waals surface area contributed by atoms with Crippen LogP contribution in [-0.2, 0) is 10.0 Å². The van der Waals surface area contributed by atoms with E-state index in [4.69, 9.17) is 0 Å². The molecule has 1 heterocycles. The van der Waals surface area contributed by atoms with Gasteiger partial charge >= 0.3 is 0 Å². The lowest BCUT2D eigenvalue weighted by Gasteiger charge is -2.19. The molecule has 0 amide bonds. The lowest BCUT2D eigenvalue weighted by molar-refractivity contribution is 0.442. The Kier molecular flexibility index (Phi) is 3.23. The zero-order valence-electron chi connectivity index (χ0n) is 8.76. The molecule has 0 spiro atoms. The minimum Gasteiger partial charge on any atom is -0.207 e. The highest BCUT2D eigenvalue weighted by molar-refractivity contribution is 8.01. The second-order valence-electron chi connectivity index (χ2n) is 3.54. The van der Waals surface area contributed by atoms with E-state index in [1.165, 1.54) is 28.6 Å². The highest BCUT2D eigenvalue weighted by atomic mass is 32.2. The van der Waals surface area contributed by atoms with Crippen molar-refractivity contribution < 1.29 is 12.8 Å². The first-order chi connectivity index (χ1) is 7.51. The molecular formula is C10H12FNO2S2. The first kappa shape index (κ1) is 11.9. The molecular weight excluding hydrogens is 249 g/mol. The molecule has 0 saturated carbocycles. The molecule has 0 unspecified atom stereocenters. The van der Waals surface area contributed by atoms with Crippen LogP contribution in [0.3, 0.4) is 0 Å². The molecule has 0 aromatic heterocycles. The molecule has 16 heavy (non-hydrogen) atoms. The molecule has 0 aliphatic carbocycles. The Morgan fingerprint density at radius 3 is 2.50 bits per heavy atom. The molecule has 1 aliphatic heterocycles. The second kappa shape index (κ2) is 4.35. The topological polar surface area (TPSA) is 37.4 Å². The minimum absolute atomic E-state index is 0.0462. The van der Waals surface area contributed by atoms with E-state index in [2.05, 4.69) is 0 Å². The van der Waals surface area contributed by atoms with Crippen LogP contribution in [0.1, 0.15) is 6.92 Å². The molecule has 2 rings (SSSR count). The zero-order chi connectivity index (χ0) is 11.8. The van der Waals surface area contributed by atoms with E-state index < -0.39 is 15.8 Å². The third-order valence-corrected chi connectivity index (χ3v) is 5.77. The summed E-state index contributed by atoms with van der Waals surface area (Å²) in [6.07, 6.45) is 0. The van der Waals surface area contributed by atoms with Crippen LogP contribution in [0.4, 0.5) is 4.39 Å². The quantitative estimate of drug-likeness (QED) is 0.816. The molecule has 0 radical (unpaired) electrons. The smallest absolute Gasteiger partial charge is 0.207 e. The maximum Gasteiger partial charge on any atom is 0.244 e. The molecule has 1 atom stereocenters. The average molecular weight is 261 g/mol. The fourth-order valence-corrected chi connectivity index (χ4v) is 4.66. The number of rotatable bonds is 2. The van der Waals surface area contributed by atoms with E-state index in [0.717, 1.165) is 5.75 Å². The Balaban J connectivity index is 2.35. The van der Waals surface area contributed by atoms with Gasteiger partial charge in [0.15, 0.2) is 0 Å². The van der Waals surface area contributed by atoms with Crippen LogP contribution in [0, 0.1) is 5.82 Å². The van der Waals surface area contributed by atoms with Crippen molar-refractivity contribution in [2.45, 2.75) is 17.2 Å². The van der Waals surface area contributed by atoms with E-state index in [1.54, 1.807) is 11.8 Å². The van der Waals surface area contributed by atoms with Crippen molar-refractivity contribution in [2.75, 3.05) is 12.3 Å². The van der Waals surface area contributed by atoms with Gasteiger partial charge in [0.2, 0.25) is 10.0 Å². The summed E-state index contributed by atoms with van der Waals surface area (Å²) < 4.78 is 38.5. The van der Waals surface area contributed by atoms with Crippen LogP contribution in [0.5, 0.6) is 0 Å². The van der Waals surface area contributed by atoms with Crippen molar-refractivity contribution >= 4 is 21.8 Å². The number of hydrogen-bond acceptors (Lipinski definition) is 3. The fraction of sp³-hybridized carbons (Fsp3) is 0.400. The van der Waals surface area contributed by atoms with Crippen molar-refractivity contribution in [3.63, 3.8) is 0 Å². The molecule has 1 aliphatic rings. The van der Waals surface area contributed by atoms with E-state index in [9.17, 15) is 12.8 Å². The van der Waals surface area contributed by atoms with Crippen LogP contribution in [0.2, 0.25) is 0 Å². The first-order valence-electron chi connectivity index (χ1n) is 4.91. The predicted molar refractivity (Wildman–Crippen MR) is 62.2 cm³/mol. The SMILES string of the molecule is C[C@@H]1SCCN1S(=O)(=O)c1ccc(F)cc1. The largest absolute Gasteiger partial charge is 0.244 e. The van der Waals surface area contributed by atoms with Gasteiger partial charge in [0, 0.05) is 12.3 Å². The Bertz CT molecular complexity index is 472. The average Bonchev–Trinajstić information content (AvgIpc) is 2.66. The Hall–Kier alpha value is -0.590. The zero-order valence-corrected chi connectivity index (χ0v) is 10.4. The Morgan fingerprint density at radius 2 is 2.00 bits per heavy atom. The summed E-state index contributed by atoms with van der Waals surface area (Å²) in [6, 6.07) is 4.95. The highest BCUT2D eigenvalue weighted by Gasteiger charge is 2.32. The van der Waals surface area contributed by atoms with Gasteiger partial charge in [-0.25, -0.2) is 12.8 Å². The fourth-order valence-electron chi connectivity index (χ4n) is 1.64. The highest BCUT2D eigenvalue weighted by Crippen LogP contribution is 2.29. The van der Waals surface area contributed by atoms with Crippen LogP contribution in [0.25, 0.3) is 0 Å². The monoisotopic (exact) mass is 261 g/mol. The number of nitrogens with zero attached hydrogens (tertiary/aromatic N) is 1. The van der Waals surface area contributed by atoms with Gasteiger partial charge in [0.25, 0.3) is 0 Å².